The van der Waals surface area contributed by atoms with Gasteiger partial charge in [-0.05, 0) is 36.8 Å². The summed E-state index contributed by atoms with van der Waals surface area (Å²) in [4.78, 5) is 14.3. The fourth-order valence-electron chi connectivity index (χ4n) is 2.09. The highest BCUT2D eigenvalue weighted by atomic mass is 16.2. The van der Waals surface area contributed by atoms with E-state index in [4.69, 9.17) is 5.73 Å². The number of nitrogens with one attached hydrogen (secondary N) is 1. The molecule has 0 spiro atoms. The Kier molecular flexibility index (Phi) is 4.95. The zero-order valence-corrected chi connectivity index (χ0v) is 12.4. The number of carbonyl (C=O) groups is 1. The lowest BCUT2D eigenvalue weighted by atomic mass is 10.2. The maximum Gasteiger partial charge on any atom is 0.246 e. The number of rotatable bonds is 5. The molecule has 110 valence electrons. The van der Waals surface area contributed by atoms with Crippen LogP contribution in [0.5, 0.6) is 0 Å². The van der Waals surface area contributed by atoms with Gasteiger partial charge in [0.15, 0.2) is 0 Å². The van der Waals surface area contributed by atoms with Crippen molar-refractivity contribution in [2.24, 2.45) is 5.73 Å². The molecule has 0 saturated carbocycles. The summed E-state index contributed by atoms with van der Waals surface area (Å²) >= 11 is 0. The molecule has 1 atom stereocenters. The molecular formula is C17H21N3O. The Morgan fingerprint density at radius 2 is 1.90 bits per heavy atom. The third-order valence-corrected chi connectivity index (χ3v) is 3.55. The van der Waals surface area contributed by atoms with Crippen molar-refractivity contribution >= 4 is 17.3 Å². The Morgan fingerprint density at radius 3 is 2.57 bits per heavy atom. The molecule has 2 rings (SSSR count). The highest BCUT2D eigenvalue weighted by Gasteiger charge is 2.18. The number of amides is 1. The van der Waals surface area contributed by atoms with Gasteiger partial charge in [-0.25, -0.2) is 0 Å². The molecule has 3 N–H and O–H groups in total. The predicted octanol–water partition coefficient (Wildman–Crippen LogP) is 2.61. The van der Waals surface area contributed by atoms with E-state index >= 15 is 0 Å². The first kappa shape index (κ1) is 15.1. The molecular weight excluding hydrogens is 262 g/mol. The molecule has 1 unspecified atom stereocenters. The molecule has 21 heavy (non-hydrogen) atoms. The van der Waals surface area contributed by atoms with E-state index in [1.54, 1.807) is 0 Å². The summed E-state index contributed by atoms with van der Waals surface area (Å²) in [5.41, 5.74) is 8.39. The van der Waals surface area contributed by atoms with Crippen LogP contribution >= 0.6 is 0 Å². The Bertz CT molecular complexity index is 598. The quantitative estimate of drug-likeness (QED) is 0.887. The lowest BCUT2D eigenvalue weighted by molar-refractivity contribution is -0.117. The molecule has 0 aliphatic rings. The van der Waals surface area contributed by atoms with Crippen molar-refractivity contribution in [3.05, 3.63) is 60.2 Å². The average Bonchev–Trinajstić information content (AvgIpc) is 2.54. The van der Waals surface area contributed by atoms with E-state index in [1.165, 1.54) is 0 Å². The molecule has 0 aliphatic heterocycles. The maximum atomic E-state index is 12.3. The maximum absolute atomic E-state index is 12.3. The van der Waals surface area contributed by atoms with Crippen LogP contribution in [0.4, 0.5) is 11.4 Å². The molecule has 2 aromatic carbocycles. The van der Waals surface area contributed by atoms with E-state index in [2.05, 4.69) is 5.32 Å². The van der Waals surface area contributed by atoms with Crippen LogP contribution in [-0.2, 0) is 11.3 Å². The molecule has 0 saturated heterocycles. The van der Waals surface area contributed by atoms with E-state index in [0.29, 0.717) is 6.54 Å². The lowest BCUT2D eigenvalue weighted by Gasteiger charge is -2.26. The number of anilines is 2. The normalized spacial score (nSPS) is 11.8. The van der Waals surface area contributed by atoms with Gasteiger partial charge >= 0.3 is 0 Å². The second kappa shape index (κ2) is 6.90. The molecule has 0 heterocycles. The summed E-state index contributed by atoms with van der Waals surface area (Å²) in [6, 6.07) is 17.2. The highest BCUT2D eigenvalue weighted by molar-refractivity contribution is 5.96. The van der Waals surface area contributed by atoms with Gasteiger partial charge in [0.1, 0.15) is 6.04 Å². The summed E-state index contributed by atoms with van der Waals surface area (Å²) in [5.74, 6) is -0.0458. The van der Waals surface area contributed by atoms with Crippen LogP contribution in [0.25, 0.3) is 0 Å². The molecule has 0 radical (unpaired) electrons. The van der Waals surface area contributed by atoms with E-state index < -0.39 is 0 Å². The third kappa shape index (κ3) is 3.83. The van der Waals surface area contributed by atoms with Crippen LogP contribution in [0.1, 0.15) is 12.5 Å². The van der Waals surface area contributed by atoms with Crippen molar-refractivity contribution in [3.8, 4) is 0 Å². The SMILES string of the molecule is CC(C(=O)Nc1cccc(CN)c1)N(C)c1ccccc1. The van der Waals surface area contributed by atoms with Gasteiger partial charge in [0, 0.05) is 25.0 Å². The number of para-hydroxylation sites is 1. The molecule has 0 bridgehead atoms. The summed E-state index contributed by atoms with van der Waals surface area (Å²) in [5, 5.41) is 2.93. The van der Waals surface area contributed by atoms with E-state index in [-0.39, 0.29) is 11.9 Å². The summed E-state index contributed by atoms with van der Waals surface area (Å²) in [6.45, 7) is 2.35. The van der Waals surface area contributed by atoms with Crippen molar-refractivity contribution < 1.29 is 4.79 Å². The van der Waals surface area contributed by atoms with Gasteiger partial charge in [0.2, 0.25) is 5.91 Å². The lowest BCUT2D eigenvalue weighted by Crippen LogP contribution is -2.39. The number of nitrogens with two attached hydrogens (primary N) is 1. The fourth-order valence-corrected chi connectivity index (χ4v) is 2.09. The smallest absolute Gasteiger partial charge is 0.246 e. The van der Waals surface area contributed by atoms with Gasteiger partial charge < -0.3 is 16.0 Å². The number of hydrogen-bond donors (Lipinski definition) is 2. The van der Waals surface area contributed by atoms with Gasteiger partial charge in [-0.15, -0.1) is 0 Å². The Hall–Kier alpha value is -2.33. The molecule has 4 nitrogen and oxygen atoms in total. The van der Waals surface area contributed by atoms with Crippen molar-refractivity contribution in [3.63, 3.8) is 0 Å². The van der Waals surface area contributed by atoms with Crippen molar-refractivity contribution in [2.75, 3.05) is 17.3 Å². The van der Waals surface area contributed by atoms with E-state index in [1.807, 2.05) is 73.5 Å². The number of benzene rings is 2. The molecule has 0 aromatic heterocycles. The minimum Gasteiger partial charge on any atom is -0.363 e. The Balaban J connectivity index is 2.05. The van der Waals surface area contributed by atoms with Crippen LogP contribution in [-0.4, -0.2) is 19.0 Å². The van der Waals surface area contributed by atoms with Crippen LogP contribution < -0.4 is 16.0 Å². The topological polar surface area (TPSA) is 58.4 Å². The summed E-state index contributed by atoms with van der Waals surface area (Å²) in [7, 11) is 1.91. The van der Waals surface area contributed by atoms with Crippen molar-refractivity contribution in [1.29, 1.82) is 0 Å². The molecule has 0 aliphatic carbocycles. The molecule has 4 heteroatoms. The Morgan fingerprint density at radius 1 is 1.19 bits per heavy atom. The van der Waals surface area contributed by atoms with Crippen LogP contribution in [0.3, 0.4) is 0 Å². The highest BCUT2D eigenvalue weighted by Crippen LogP contribution is 2.16. The number of carbonyl (C=O) groups excluding carboxylic acids is 1. The zero-order chi connectivity index (χ0) is 15.2. The first-order valence-electron chi connectivity index (χ1n) is 6.99. The van der Waals surface area contributed by atoms with Gasteiger partial charge in [0.05, 0.1) is 0 Å². The van der Waals surface area contributed by atoms with Gasteiger partial charge in [-0.1, -0.05) is 30.3 Å². The van der Waals surface area contributed by atoms with E-state index in [9.17, 15) is 4.79 Å². The first-order valence-corrected chi connectivity index (χ1v) is 6.99. The Labute approximate surface area is 125 Å². The van der Waals surface area contributed by atoms with Gasteiger partial charge in [-0.3, -0.25) is 4.79 Å². The standard InChI is InChI=1S/C17H21N3O/c1-13(20(2)16-9-4-3-5-10-16)17(21)19-15-8-6-7-14(11-15)12-18/h3-11,13H,12,18H2,1-2H3,(H,19,21). The third-order valence-electron chi connectivity index (χ3n) is 3.55. The van der Waals surface area contributed by atoms with E-state index in [0.717, 1.165) is 16.9 Å². The monoisotopic (exact) mass is 283 g/mol. The van der Waals surface area contributed by atoms with Crippen LogP contribution in [0.15, 0.2) is 54.6 Å². The second-order valence-electron chi connectivity index (χ2n) is 5.02. The molecule has 0 fully saturated rings. The minimum absolute atomic E-state index is 0.0458. The predicted molar refractivity (Wildman–Crippen MR) is 87.3 cm³/mol. The summed E-state index contributed by atoms with van der Waals surface area (Å²) in [6.07, 6.45) is 0. The average molecular weight is 283 g/mol. The van der Waals surface area contributed by atoms with Crippen LogP contribution in [0.2, 0.25) is 0 Å². The zero-order valence-electron chi connectivity index (χ0n) is 12.4. The van der Waals surface area contributed by atoms with Gasteiger partial charge in [0.25, 0.3) is 0 Å². The molecule has 2 aromatic rings. The minimum atomic E-state index is -0.270. The molecule has 1 amide bonds. The largest absolute Gasteiger partial charge is 0.363 e. The number of likely N-dealkylation sites (N-methyl/N-ethyl adjacent to an activating group) is 1. The first-order chi connectivity index (χ1) is 10.1. The van der Waals surface area contributed by atoms with Crippen LogP contribution in [0, 0.1) is 0 Å². The fraction of sp³-hybridized carbons (Fsp3) is 0.235. The van der Waals surface area contributed by atoms with Crippen molar-refractivity contribution in [1.82, 2.24) is 0 Å². The number of nitrogens with zero attached hydrogens (tertiary/aromatic N) is 1. The second-order valence-corrected chi connectivity index (χ2v) is 5.02. The number of hydrogen-bond acceptors (Lipinski definition) is 3. The summed E-state index contributed by atoms with van der Waals surface area (Å²) < 4.78 is 0. The van der Waals surface area contributed by atoms with Crippen molar-refractivity contribution in [2.45, 2.75) is 19.5 Å². The van der Waals surface area contributed by atoms with Gasteiger partial charge in [-0.2, -0.15) is 0 Å².